The van der Waals surface area contributed by atoms with Gasteiger partial charge in [0.05, 0.1) is 24.6 Å². The van der Waals surface area contributed by atoms with E-state index in [9.17, 15) is 14.3 Å². The number of carbonyl (C=O) groups is 1. The molecule has 2 aromatic carbocycles. The van der Waals surface area contributed by atoms with Gasteiger partial charge in [-0.1, -0.05) is 18.2 Å². The van der Waals surface area contributed by atoms with Crippen molar-refractivity contribution in [3.63, 3.8) is 0 Å². The van der Waals surface area contributed by atoms with Crippen molar-refractivity contribution in [2.45, 2.75) is 13.2 Å². The first-order valence-electron chi connectivity index (χ1n) is 7.41. The number of carboxylic acids is 1. The van der Waals surface area contributed by atoms with Crippen molar-refractivity contribution in [1.29, 1.82) is 0 Å². The van der Waals surface area contributed by atoms with Gasteiger partial charge >= 0.3 is 5.97 Å². The topological polar surface area (TPSA) is 64.3 Å². The summed E-state index contributed by atoms with van der Waals surface area (Å²) in [7, 11) is 0. The lowest BCUT2D eigenvalue weighted by molar-refractivity contribution is 0.0690. The number of aromatic nitrogens is 2. The third-order valence-corrected chi connectivity index (χ3v) is 4.05. The number of rotatable bonds is 3. The van der Waals surface area contributed by atoms with Crippen LogP contribution in [0, 0.1) is 5.82 Å². The molecular formula is C18H13FN2O3. The lowest BCUT2D eigenvalue weighted by Crippen LogP contribution is -2.03. The number of carboxylic acid groups (broad SMARTS) is 1. The van der Waals surface area contributed by atoms with Crippen molar-refractivity contribution < 1.29 is 19.0 Å². The molecule has 0 saturated heterocycles. The average Bonchev–Trinajstić information content (AvgIpc) is 3.22. The van der Waals surface area contributed by atoms with Crippen molar-refractivity contribution in [3.05, 3.63) is 71.2 Å². The number of nitrogens with zero attached hydrogens (tertiary/aromatic N) is 2. The number of halogens is 1. The molecule has 0 aliphatic carbocycles. The molecule has 0 bridgehead atoms. The molecule has 120 valence electrons. The molecule has 0 atom stereocenters. The van der Waals surface area contributed by atoms with E-state index < -0.39 is 5.97 Å². The summed E-state index contributed by atoms with van der Waals surface area (Å²) in [5, 5.41) is 13.5. The van der Waals surface area contributed by atoms with Crippen molar-refractivity contribution >= 4 is 5.97 Å². The number of fused-ring (bicyclic) bond motifs is 1. The van der Waals surface area contributed by atoms with Crippen molar-refractivity contribution in [2.75, 3.05) is 0 Å². The minimum absolute atomic E-state index is 0.0640. The van der Waals surface area contributed by atoms with Gasteiger partial charge in [-0.3, -0.25) is 0 Å². The lowest BCUT2D eigenvalue weighted by atomic mass is 10.0. The maximum Gasteiger partial charge on any atom is 0.356 e. The van der Waals surface area contributed by atoms with E-state index in [0.717, 1.165) is 16.7 Å². The molecule has 0 unspecified atom stereocenters. The minimum atomic E-state index is -1.11. The molecule has 3 aromatic rings. The van der Waals surface area contributed by atoms with Crippen LogP contribution in [0.25, 0.3) is 16.9 Å². The predicted octanol–water partition coefficient (Wildman–Crippen LogP) is 3.41. The normalized spacial score (nSPS) is 13.0. The molecule has 1 aliphatic heterocycles. The van der Waals surface area contributed by atoms with E-state index in [1.165, 1.54) is 22.9 Å². The monoisotopic (exact) mass is 324 g/mol. The van der Waals surface area contributed by atoms with Crippen LogP contribution in [-0.4, -0.2) is 20.9 Å². The first kappa shape index (κ1) is 14.6. The SMILES string of the molecule is O=C(O)c1cc(-c2cccc3c2COC3)n(-c2ccc(F)cc2)n1. The van der Waals surface area contributed by atoms with Crippen LogP contribution >= 0.6 is 0 Å². The van der Waals surface area contributed by atoms with Gasteiger partial charge in [0.25, 0.3) is 0 Å². The Bertz CT molecular complexity index is 932. The maximum absolute atomic E-state index is 13.2. The molecule has 0 spiro atoms. The zero-order valence-corrected chi connectivity index (χ0v) is 12.6. The van der Waals surface area contributed by atoms with Crippen LogP contribution in [0.3, 0.4) is 0 Å². The van der Waals surface area contributed by atoms with Crippen molar-refractivity contribution in [2.24, 2.45) is 0 Å². The Labute approximate surface area is 136 Å². The Morgan fingerprint density at radius 2 is 1.96 bits per heavy atom. The van der Waals surface area contributed by atoms with Crippen LogP contribution in [0.2, 0.25) is 0 Å². The van der Waals surface area contributed by atoms with Gasteiger partial charge in [-0.15, -0.1) is 0 Å². The van der Waals surface area contributed by atoms with Crippen LogP contribution in [0.15, 0.2) is 48.5 Å². The fraction of sp³-hybridized carbons (Fsp3) is 0.111. The van der Waals surface area contributed by atoms with Gasteiger partial charge in [-0.2, -0.15) is 5.10 Å². The van der Waals surface area contributed by atoms with E-state index in [2.05, 4.69) is 5.10 Å². The summed E-state index contributed by atoms with van der Waals surface area (Å²) in [6.45, 7) is 1.02. The standard InChI is InChI=1S/C18H13FN2O3/c19-12-4-6-13(7-5-12)21-17(8-16(20-21)18(22)23)14-3-1-2-11-9-24-10-15(11)14/h1-8H,9-10H2,(H,22,23). The average molecular weight is 324 g/mol. The van der Waals surface area contributed by atoms with Crippen LogP contribution in [-0.2, 0) is 18.0 Å². The molecule has 1 aromatic heterocycles. The summed E-state index contributed by atoms with van der Waals surface area (Å²) >= 11 is 0. The van der Waals surface area contributed by atoms with E-state index in [1.54, 1.807) is 12.1 Å². The minimum Gasteiger partial charge on any atom is -0.476 e. The van der Waals surface area contributed by atoms with Crippen LogP contribution in [0.4, 0.5) is 4.39 Å². The molecule has 0 fully saturated rings. The van der Waals surface area contributed by atoms with E-state index in [1.807, 2.05) is 18.2 Å². The van der Waals surface area contributed by atoms with Crippen molar-refractivity contribution in [1.82, 2.24) is 9.78 Å². The highest BCUT2D eigenvalue weighted by Gasteiger charge is 2.21. The largest absolute Gasteiger partial charge is 0.476 e. The van der Waals surface area contributed by atoms with Gasteiger partial charge < -0.3 is 9.84 Å². The Morgan fingerprint density at radius 3 is 2.71 bits per heavy atom. The third-order valence-electron chi connectivity index (χ3n) is 4.05. The van der Waals surface area contributed by atoms with E-state index in [-0.39, 0.29) is 11.5 Å². The highest BCUT2D eigenvalue weighted by atomic mass is 19.1. The second-order valence-corrected chi connectivity index (χ2v) is 5.54. The Balaban J connectivity index is 1.93. The molecule has 1 N–H and O–H groups in total. The number of ether oxygens (including phenoxy) is 1. The van der Waals surface area contributed by atoms with Crippen LogP contribution in [0.5, 0.6) is 0 Å². The molecule has 0 saturated carbocycles. The molecule has 1 aliphatic rings. The first-order chi connectivity index (χ1) is 11.6. The number of hydrogen-bond acceptors (Lipinski definition) is 3. The smallest absolute Gasteiger partial charge is 0.356 e. The summed E-state index contributed by atoms with van der Waals surface area (Å²) in [4.78, 5) is 11.4. The van der Waals surface area contributed by atoms with Gasteiger partial charge in [0, 0.05) is 5.56 Å². The molecule has 0 amide bonds. The zero-order valence-electron chi connectivity index (χ0n) is 12.6. The molecule has 24 heavy (non-hydrogen) atoms. The van der Waals surface area contributed by atoms with Gasteiger partial charge in [-0.25, -0.2) is 13.9 Å². The summed E-state index contributed by atoms with van der Waals surface area (Å²) in [5.41, 5.74) is 4.14. The molecule has 5 nitrogen and oxygen atoms in total. The van der Waals surface area contributed by atoms with E-state index >= 15 is 0 Å². The Kier molecular flexibility index (Phi) is 3.39. The fourth-order valence-corrected chi connectivity index (χ4v) is 2.90. The third kappa shape index (κ3) is 2.37. The van der Waals surface area contributed by atoms with Gasteiger partial charge in [-0.05, 0) is 41.5 Å². The lowest BCUT2D eigenvalue weighted by Gasteiger charge is -2.10. The van der Waals surface area contributed by atoms with Gasteiger partial charge in [0.2, 0.25) is 0 Å². The number of hydrogen-bond donors (Lipinski definition) is 1. The Hall–Kier alpha value is -2.99. The second kappa shape index (κ2) is 5.58. The molecule has 4 rings (SSSR count). The molecular weight excluding hydrogens is 311 g/mol. The maximum atomic E-state index is 13.2. The van der Waals surface area contributed by atoms with Crippen molar-refractivity contribution in [3.8, 4) is 16.9 Å². The summed E-state index contributed by atoms with van der Waals surface area (Å²) in [6.07, 6.45) is 0. The number of benzene rings is 2. The predicted molar refractivity (Wildman–Crippen MR) is 84.4 cm³/mol. The van der Waals surface area contributed by atoms with Crippen LogP contribution in [0.1, 0.15) is 21.6 Å². The summed E-state index contributed by atoms with van der Waals surface area (Å²) < 4.78 is 20.2. The quantitative estimate of drug-likeness (QED) is 0.802. The molecule has 0 radical (unpaired) electrons. The highest BCUT2D eigenvalue weighted by molar-refractivity contribution is 5.87. The van der Waals surface area contributed by atoms with Gasteiger partial charge in [0.15, 0.2) is 5.69 Å². The fourth-order valence-electron chi connectivity index (χ4n) is 2.90. The first-order valence-corrected chi connectivity index (χ1v) is 7.41. The van der Waals surface area contributed by atoms with E-state index in [0.29, 0.717) is 24.6 Å². The second-order valence-electron chi connectivity index (χ2n) is 5.54. The Morgan fingerprint density at radius 1 is 1.17 bits per heavy atom. The molecule has 2 heterocycles. The summed E-state index contributed by atoms with van der Waals surface area (Å²) in [6, 6.07) is 13.1. The highest BCUT2D eigenvalue weighted by Crippen LogP contribution is 2.33. The number of aromatic carboxylic acids is 1. The molecule has 6 heteroatoms. The zero-order chi connectivity index (χ0) is 16.7. The summed E-state index contributed by atoms with van der Waals surface area (Å²) in [5.74, 6) is -1.47. The van der Waals surface area contributed by atoms with Crippen LogP contribution < -0.4 is 0 Å². The van der Waals surface area contributed by atoms with E-state index in [4.69, 9.17) is 4.74 Å². The van der Waals surface area contributed by atoms with Gasteiger partial charge in [0.1, 0.15) is 5.82 Å².